The predicted molar refractivity (Wildman–Crippen MR) is 101 cm³/mol. The van der Waals surface area contributed by atoms with E-state index < -0.39 is 0 Å². The van der Waals surface area contributed by atoms with E-state index in [2.05, 4.69) is 25.8 Å². The number of carbonyl (C=O) groups is 1. The number of benzene rings is 1. The van der Waals surface area contributed by atoms with E-state index in [4.69, 9.17) is 10.3 Å². The molecular weight excluding hydrogens is 344 g/mol. The molecule has 0 spiro atoms. The molecule has 4 rings (SSSR count). The molecular formula is C19H20N6O2. The molecule has 8 heteroatoms. The van der Waals surface area contributed by atoms with Gasteiger partial charge in [0.2, 0.25) is 5.95 Å². The van der Waals surface area contributed by atoms with Crippen LogP contribution in [0.4, 0.5) is 11.8 Å². The Morgan fingerprint density at radius 3 is 2.85 bits per heavy atom. The van der Waals surface area contributed by atoms with E-state index >= 15 is 0 Å². The molecule has 0 bridgehead atoms. The van der Waals surface area contributed by atoms with Gasteiger partial charge in [0, 0.05) is 29.3 Å². The van der Waals surface area contributed by atoms with Crippen LogP contribution >= 0.6 is 0 Å². The van der Waals surface area contributed by atoms with E-state index in [1.165, 1.54) is 0 Å². The van der Waals surface area contributed by atoms with Gasteiger partial charge < -0.3 is 20.9 Å². The van der Waals surface area contributed by atoms with Crippen molar-refractivity contribution in [2.45, 2.75) is 32.4 Å². The average Bonchev–Trinajstić information content (AvgIpc) is 3.37. The molecule has 1 saturated carbocycles. The molecule has 1 fully saturated rings. The lowest BCUT2D eigenvalue weighted by Crippen LogP contribution is -2.22. The second-order valence-corrected chi connectivity index (χ2v) is 6.61. The highest BCUT2D eigenvalue weighted by atomic mass is 16.5. The minimum Gasteiger partial charge on any atom is -0.368 e. The van der Waals surface area contributed by atoms with Crippen LogP contribution in [-0.2, 0) is 6.54 Å². The topological polar surface area (TPSA) is 119 Å². The van der Waals surface area contributed by atoms with Gasteiger partial charge in [-0.25, -0.2) is 4.98 Å². The molecule has 1 amide bonds. The molecule has 4 N–H and O–H groups in total. The summed E-state index contributed by atoms with van der Waals surface area (Å²) < 4.78 is 5.10. The van der Waals surface area contributed by atoms with E-state index in [9.17, 15) is 4.79 Å². The van der Waals surface area contributed by atoms with Crippen LogP contribution in [-0.4, -0.2) is 27.1 Å². The maximum absolute atomic E-state index is 12.5. The monoisotopic (exact) mass is 364 g/mol. The first-order chi connectivity index (χ1) is 13.1. The third-order valence-corrected chi connectivity index (χ3v) is 4.19. The number of nitrogens with one attached hydrogen (secondary N) is 2. The summed E-state index contributed by atoms with van der Waals surface area (Å²) in [6, 6.07) is 11.3. The second kappa shape index (κ2) is 7.06. The van der Waals surface area contributed by atoms with Crippen molar-refractivity contribution in [3.8, 4) is 11.3 Å². The number of anilines is 2. The molecule has 1 aromatic carbocycles. The van der Waals surface area contributed by atoms with Gasteiger partial charge in [0.15, 0.2) is 5.76 Å². The summed E-state index contributed by atoms with van der Waals surface area (Å²) in [4.78, 5) is 21.0. The van der Waals surface area contributed by atoms with E-state index in [-0.39, 0.29) is 18.4 Å². The van der Waals surface area contributed by atoms with Crippen molar-refractivity contribution in [3.05, 3.63) is 53.4 Å². The van der Waals surface area contributed by atoms with Crippen molar-refractivity contribution in [2.24, 2.45) is 0 Å². The number of carbonyl (C=O) groups excluding carboxylic acids is 1. The lowest BCUT2D eigenvalue weighted by Gasteiger charge is -2.09. The van der Waals surface area contributed by atoms with Crippen LogP contribution in [0.1, 0.15) is 34.7 Å². The van der Waals surface area contributed by atoms with E-state index in [0.717, 1.165) is 24.1 Å². The Morgan fingerprint density at radius 1 is 1.26 bits per heavy atom. The van der Waals surface area contributed by atoms with Crippen LogP contribution in [0, 0.1) is 6.92 Å². The molecule has 1 aliphatic carbocycles. The van der Waals surface area contributed by atoms with Crippen molar-refractivity contribution >= 4 is 17.7 Å². The van der Waals surface area contributed by atoms with Gasteiger partial charge in [-0.1, -0.05) is 17.3 Å². The quantitative estimate of drug-likeness (QED) is 0.615. The molecule has 138 valence electrons. The molecule has 0 unspecified atom stereocenters. The Hall–Kier alpha value is -3.42. The third-order valence-electron chi connectivity index (χ3n) is 4.19. The molecule has 2 heterocycles. The predicted octanol–water partition coefficient (Wildman–Crippen LogP) is 2.53. The smallest absolute Gasteiger partial charge is 0.251 e. The van der Waals surface area contributed by atoms with Crippen molar-refractivity contribution < 1.29 is 9.32 Å². The molecule has 0 saturated heterocycles. The molecule has 3 aromatic rings. The molecule has 0 atom stereocenters. The molecule has 8 nitrogen and oxygen atoms in total. The molecule has 2 aromatic heterocycles. The van der Waals surface area contributed by atoms with Crippen LogP contribution in [0.25, 0.3) is 11.3 Å². The first-order valence-electron chi connectivity index (χ1n) is 8.79. The number of hydrogen-bond acceptors (Lipinski definition) is 7. The van der Waals surface area contributed by atoms with Gasteiger partial charge in [-0.3, -0.25) is 4.79 Å². The highest BCUT2D eigenvalue weighted by Gasteiger charge is 2.22. The minimum absolute atomic E-state index is 0.200. The molecule has 27 heavy (non-hydrogen) atoms. The third kappa shape index (κ3) is 4.22. The minimum atomic E-state index is -0.204. The maximum Gasteiger partial charge on any atom is 0.251 e. The number of nitrogen functional groups attached to an aromatic ring is 1. The Kier molecular flexibility index (Phi) is 4.45. The van der Waals surface area contributed by atoms with E-state index in [0.29, 0.717) is 28.9 Å². The number of aromatic nitrogens is 3. The first-order valence-corrected chi connectivity index (χ1v) is 8.79. The van der Waals surface area contributed by atoms with Crippen molar-refractivity contribution in [2.75, 3.05) is 11.1 Å². The van der Waals surface area contributed by atoms with Crippen LogP contribution < -0.4 is 16.4 Å². The van der Waals surface area contributed by atoms with Gasteiger partial charge in [0.05, 0.1) is 17.9 Å². The lowest BCUT2D eigenvalue weighted by molar-refractivity contribution is 0.0947. The fraction of sp³-hybridized carbons (Fsp3) is 0.263. The largest absolute Gasteiger partial charge is 0.368 e. The van der Waals surface area contributed by atoms with E-state index in [1.807, 2.05) is 25.1 Å². The summed E-state index contributed by atoms with van der Waals surface area (Å²) in [6.45, 7) is 2.11. The first kappa shape index (κ1) is 17.0. The zero-order chi connectivity index (χ0) is 18.8. The highest BCUT2D eigenvalue weighted by molar-refractivity contribution is 5.95. The lowest BCUT2D eigenvalue weighted by atomic mass is 10.1. The number of nitrogens with two attached hydrogens (primary N) is 1. The van der Waals surface area contributed by atoms with Crippen LogP contribution in [0.15, 0.2) is 40.9 Å². The Bertz CT molecular complexity index is 980. The zero-order valence-corrected chi connectivity index (χ0v) is 14.9. The van der Waals surface area contributed by atoms with Crippen molar-refractivity contribution in [1.29, 1.82) is 0 Å². The Morgan fingerprint density at radius 2 is 2.11 bits per heavy atom. The maximum atomic E-state index is 12.5. The standard InChI is InChI=1S/C19H20N6O2/c1-11-7-15(27-25-11)10-21-18(26)13-4-2-3-12(8-13)16-9-17(22-14-5-6-14)24-19(20)23-16/h2-4,7-9,14H,5-6,10H2,1H3,(H,21,26)(H3,20,22,23,24). The molecule has 0 radical (unpaired) electrons. The fourth-order valence-electron chi connectivity index (χ4n) is 2.71. The number of rotatable bonds is 6. The van der Waals surface area contributed by atoms with Crippen LogP contribution in [0.3, 0.4) is 0 Å². The van der Waals surface area contributed by atoms with Crippen LogP contribution in [0.5, 0.6) is 0 Å². The van der Waals surface area contributed by atoms with Gasteiger partial charge in [0.1, 0.15) is 5.82 Å². The summed E-state index contributed by atoms with van der Waals surface area (Å²) in [7, 11) is 0. The number of hydrogen-bond donors (Lipinski definition) is 3. The van der Waals surface area contributed by atoms with Crippen LogP contribution in [0.2, 0.25) is 0 Å². The highest BCUT2D eigenvalue weighted by Crippen LogP contribution is 2.27. The summed E-state index contributed by atoms with van der Waals surface area (Å²) in [5.41, 5.74) is 8.62. The second-order valence-electron chi connectivity index (χ2n) is 6.61. The average molecular weight is 364 g/mol. The summed E-state index contributed by atoms with van der Waals surface area (Å²) in [6.07, 6.45) is 2.28. The molecule has 1 aliphatic rings. The Labute approximate surface area is 156 Å². The SMILES string of the molecule is Cc1cc(CNC(=O)c2cccc(-c3cc(NC4CC4)nc(N)n3)c2)on1. The van der Waals surface area contributed by atoms with Gasteiger partial charge in [-0.05, 0) is 31.9 Å². The zero-order valence-electron chi connectivity index (χ0n) is 14.9. The van der Waals surface area contributed by atoms with Crippen molar-refractivity contribution in [3.63, 3.8) is 0 Å². The normalized spacial score (nSPS) is 13.4. The summed E-state index contributed by atoms with van der Waals surface area (Å²) in [5, 5.41) is 9.94. The number of amides is 1. The van der Waals surface area contributed by atoms with Crippen molar-refractivity contribution in [1.82, 2.24) is 20.4 Å². The van der Waals surface area contributed by atoms with Gasteiger partial charge in [-0.15, -0.1) is 0 Å². The fourth-order valence-corrected chi connectivity index (χ4v) is 2.71. The molecule has 0 aliphatic heterocycles. The number of nitrogens with zero attached hydrogens (tertiary/aromatic N) is 3. The number of aryl methyl sites for hydroxylation is 1. The summed E-state index contributed by atoms with van der Waals surface area (Å²) >= 11 is 0. The van der Waals surface area contributed by atoms with Gasteiger partial charge in [-0.2, -0.15) is 4.98 Å². The van der Waals surface area contributed by atoms with Gasteiger partial charge >= 0.3 is 0 Å². The van der Waals surface area contributed by atoms with E-state index in [1.54, 1.807) is 18.2 Å². The Balaban J connectivity index is 1.51. The van der Waals surface area contributed by atoms with Gasteiger partial charge in [0.25, 0.3) is 5.91 Å². The summed E-state index contributed by atoms with van der Waals surface area (Å²) in [5.74, 6) is 1.31.